The number of ether oxygens (including phenoxy) is 1. The molecular formula is C24H32N4O. The minimum absolute atomic E-state index is 0.195. The van der Waals surface area contributed by atoms with E-state index < -0.39 is 0 Å². The highest BCUT2D eigenvalue weighted by molar-refractivity contribution is 5.57. The quantitative estimate of drug-likeness (QED) is 0.670. The molecule has 2 aromatic heterocycles. The number of aromatic nitrogens is 3. The van der Waals surface area contributed by atoms with Gasteiger partial charge in [-0.25, -0.2) is 9.50 Å². The van der Waals surface area contributed by atoms with Crippen LogP contribution in [0.15, 0.2) is 42.7 Å². The Labute approximate surface area is 173 Å². The zero-order valence-electron chi connectivity index (χ0n) is 17.8. The fourth-order valence-corrected chi connectivity index (χ4v) is 4.50. The van der Waals surface area contributed by atoms with Crippen molar-refractivity contribution in [1.29, 1.82) is 0 Å². The van der Waals surface area contributed by atoms with Crippen molar-refractivity contribution in [3.63, 3.8) is 0 Å². The van der Waals surface area contributed by atoms with Crippen molar-refractivity contribution in [3.8, 4) is 5.75 Å². The molecule has 5 nitrogen and oxygen atoms in total. The first-order chi connectivity index (χ1) is 14.0. The summed E-state index contributed by atoms with van der Waals surface area (Å²) in [6.45, 7) is 7.43. The lowest BCUT2D eigenvalue weighted by Gasteiger charge is -2.27. The number of benzene rings is 1. The van der Waals surface area contributed by atoms with Gasteiger partial charge in [-0.3, -0.25) is 0 Å². The van der Waals surface area contributed by atoms with Crippen LogP contribution in [0.1, 0.15) is 63.3 Å². The van der Waals surface area contributed by atoms with Gasteiger partial charge in [0.05, 0.1) is 12.3 Å². The third-order valence-electron chi connectivity index (χ3n) is 6.38. The molecule has 5 heteroatoms. The van der Waals surface area contributed by atoms with Crippen molar-refractivity contribution in [2.45, 2.75) is 64.3 Å². The van der Waals surface area contributed by atoms with Crippen molar-refractivity contribution in [3.05, 3.63) is 59.5 Å². The number of hydrogen-bond donors (Lipinski definition) is 1. The van der Waals surface area contributed by atoms with Gasteiger partial charge in [0.1, 0.15) is 5.75 Å². The van der Waals surface area contributed by atoms with Crippen molar-refractivity contribution in [1.82, 2.24) is 14.6 Å². The van der Waals surface area contributed by atoms with Crippen LogP contribution in [0.3, 0.4) is 0 Å². The van der Waals surface area contributed by atoms with Crippen LogP contribution in [-0.2, 0) is 11.8 Å². The Kier molecular flexibility index (Phi) is 5.59. The molecule has 0 aliphatic heterocycles. The predicted octanol–water partition coefficient (Wildman–Crippen LogP) is 4.51. The van der Waals surface area contributed by atoms with Gasteiger partial charge in [0.25, 0.3) is 0 Å². The van der Waals surface area contributed by atoms with Crippen LogP contribution in [0.4, 0.5) is 0 Å². The summed E-state index contributed by atoms with van der Waals surface area (Å²) in [5.74, 6) is 1.57. The maximum absolute atomic E-state index is 6.08. The molecule has 0 radical (unpaired) electrons. The van der Waals surface area contributed by atoms with E-state index in [-0.39, 0.29) is 5.41 Å². The minimum Gasteiger partial charge on any atom is -0.493 e. The largest absolute Gasteiger partial charge is 0.493 e. The zero-order chi connectivity index (χ0) is 20.4. The number of fused-ring (bicyclic) bond motifs is 1. The molecule has 1 saturated carbocycles. The Morgan fingerprint density at radius 3 is 2.55 bits per heavy atom. The molecule has 0 amide bonds. The van der Waals surface area contributed by atoms with Crippen LogP contribution >= 0.6 is 0 Å². The molecule has 1 aliphatic carbocycles. The molecule has 154 valence electrons. The molecule has 0 atom stereocenters. The van der Waals surface area contributed by atoms with Gasteiger partial charge in [-0.05, 0) is 61.8 Å². The SMILES string of the molecule is CCc1nn2cccnc2c1C(C)(C)c1ccc(OCC2CCC(N)CC2)cc1. The highest BCUT2D eigenvalue weighted by Gasteiger charge is 2.31. The molecular weight excluding hydrogens is 360 g/mol. The average Bonchev–Trinajstić information content (AvgIpc) is 3.13. The van der Waals surface area contributed by atoms with Gasteiger partial charge in [-0.15, -0.1) is 0 Å². The lowest BCUT2D eigenvalue weighted by Crippen LogP contribution is -2.28. The Morgan fingerprint density at radius 1 is 1.14 bits per heavy atom. The zero-order valence-corrected chi connectivity index (χ0v) is 17.8. The fraction of sp³-hybridized carbons (Fsp3) is 0.500. The standard InChI is InChI=1S/C24H32N4O/c1-4-21-22(23-26-14-5-15-28(23)27-21)24(2,3)18-8-12-20(13-9-18)29-16-17-6-10-19(25)11-7-17/h5,8-9,12-15,17,19H,4,6-7,10-11,16,25H2,1-3H3. The average molecular weight is 393 g/mol. The second-order valence-corrected chi connectivity index (χ2v) is 8.80. The predicted molar refractivity (Wildman–Crippen MR) is 116 cm³/mol. The maximum Gasteiger partial charge on any atom is 0.159 e. The van der Waals surface area contributed by atoms with E-state index in [9.17, 15) is 0 Å². The van der Waals surface area contributed by atoms with Gasteiger partial charge in [0, 0.05) is 29.4 Å². The molecule has 1 aromatic carbocycles. The van der Waals surface area contributed by atoms with Crippen LogP contribution in [0.5, 0.6) is 5.75 Å². The molecule has 1 fully saturated rings. The summed E-state index contributed by atoms with van der Waals surface area (Å²) in [5, 5.41) is 4.75. The van der Waals surface area contributed by atoms with E-state index in [1.807, 2.05) is 23.0 Å². The number of nitrogens with zero attached hydrogens (tertiary/aromatic N) is 3. The Hall–Kier alpha value is -2.40. The van der Waals surface area contributed by atoms with Crippen LogP contribution in [0.2, 0.25) is 0 Å². The summed E-state index contributed by atoms with van der Waals surface area (Å²) in [6.07, 6.45) is 9.28. The van der Waals surface area contributed by atoms with Gasteiger partial charge in [-0.2, -0.15) is 5.10 Å². The van der Waals surface area contributed by atoms with Gasteiger partial charge in [0.2, 0.25) is 0 Å². The van der Waals surface area contributed by atoms with E-state index in [1.54, 1.807) is 0 Å². The van der Waals surface area contributed by atoms with E-state index in [2.05, 4.69) is 50.0 Å². The van der Waals surface area contributed by atoms with Gasteiger partial charge in [-0.1, -0.05) is 32.9 Å². The molecule has 2 N–H and O–H groups in total. The summed E-state index contributed by atoms with van der Waals surface area (Å²) >= 11 is 0. The summed E-state index contributed by atoms with van der Waals surface area (Å²) in [5.41, 5.74) is 10.3. The lowest BCUT2D eigenvalue weighted by molar-refractivity contribution is 0.200. The summed E-state index contributed by atoms with van der Waals surface area (Å²) in [4.78, 5) is 4.61. The lowest BCUT2D eigenvalue weighted by atomic mass is 9.77. The Bertz CT molecular complexity index is 953. The monoisotopic (exact) mass is 392 g/mol. The highest BCUT2D eigenvalue weighted by atomic mass is 16.5. The van der Waals surface area contributed by atoms with E-state index in [1.165, 1.54) is 24.0 Å². The molecule has 0 saturated heterocycles. The molecule has 0 spiro atoms. The normalized spacial score (nSPS) is 20.1. The van der Waals surface area contributed by atoms with Crippen LogP contribution in [0, 0.1) is 5.92 Å². The van der Waals surface area contributed by atoms with E-state index >= 15 is 0 Å². The smallest absolute Gasteiger partial charge is 0.159 e. The fourth-order valence-electron chi connectivity index (χ4n) is 4.50. The summed E-state index contributed by atoms with van der Waals surface area (Å²) < 4.78 is 7.98. The van der Waals surface area contributed by atoms with Crippen molar-refractivity contribution in [2.75, 3.05) is 6.61 Å². The molecule has 2 heterocycles. The third-order valence-corrected chi connectivity index (χ3v) is 6.38. The molecule has 4 rings (SSSR count). The molecule has 3 aromatic rings. The summed E-state index contributed by atoms with van der Waals surface area (Å²) in [6, 6.07) is 10.8. The Morgan fingerprint density at radius 2 is 1.86 bits per heavy atom. The van der Waals surface area contributed by atoms with E-state index in [0.29, 0.717) is 12.0 Å². The second kappa shape index (κ2) is 8.15. The summed E-state index contributed by atoms with van der Waals surface area (Å²) in [7, 11) is 0. The topological polar surface area (TPSA) is 65.4 Å². The highest BCUT2D eigenvalue weighted by Crippen LogP contribution is 2.36. The van der Waals surface area contributed by atoms with E-state index in [0.717, 1.165) is 43.0 Å². The number of hydrogen-bond acceptors (Lipinski definition) is 4. The molecule has 1 aliphatic rings. The van der Waals surface area contributed by atoms with Crippen LogP contribution < -0.4 is 10.5 Å². The first-order valence-electron chi connectivity index (χ1n) is 10.8. The number of rotatable bonds is 6. The van der Waals surface area contributed by atoms with Crippen LogP contribution in [-0.4, -0.2) is 27.2 Å². The third kappa shape index (κ3) is 4.01. The molecule has 0 bridgehead atoms. The van der Waals surface area contributed by atoms with Gasteiger partial charge < -0.3 is 10.5 Å². The molecule has 0 unspecified atom stereocenters. The van der Waals surface area contributed by atoms with Crippen molar-refractivity contribution >= 4 is 5.65 Å². The first-order valence-corrected chi connectivity index (χ1v) is 10.8. The number of aryl methyl sites for hydroxylation is 1. The minimum atomic E-state index is -0.195. The van der Waals surface area contributed by atoms with Crippen molar-refractivity contribution < 1.29 is 4.74 Å². The Balaban J connectivity index is 1.52. The molecule has 29 heavy (non-hydrogen) atoms. The van der Waals surface area contributed by atoms with Gasteiger partial charge in [0.15, 0.2) is 5.65 Å². The number of nitrogens with two attached hydrogens (primary N) is 1. The van der Waals surface area contributed by atoms with Crippen molar-refractivity contribution in [2.24, 2.45) is 11.7 Å². The van der Waals surface area contributed by atoms with E-state index in [4.69, 9.17) is 15.6 Å². The van der Waals surface area contributed by atoms with Gasteiger partial charge >= 0.3 is 0 Å². The maximum atomic E-state index is 6.08. The second-order valence-electron chi connectivity index (χ2n) is 8.80. The van der Waals surface area contributed by atoms with Crippen LogP contribution in [0.25, 0.3) is 5.65 Å². The first kappa shape index (κ1) is 19.9.